The van der Waals surface area contributed by atoms with Crippen molar-refractivity contribution in [1.82, 2.24) is 0 Å². The van der Waals surface area contributed by atoms with Crippen LogP contribution >= 0.6 is 0 Å². The lowest BCUT2D eigenvalue weighted by molar-refractivity contribution is 0.100. The maximum absolute atomic E-state index is 13.8. The second-order valence-electron chi connectivity index (χ2n) is 4.15. The lowest BCUT2D eigenvalue weighted by Gasteiger charge is -2.20. The summed E-state index contributed by atoms with van der Waals surface area (Å²) in [5.41, 5.74) is -0.120. The fourth-order valence-corrected chi connectivity index (χ4v) is 2.67. The second kappa shape index (κ2) is 5.42. The Kier molecular flexibility index (Phi) is 3.85. The van der Waals surface area contributed by atoms with E-state index in [1.54, 1.807) is 18.2 Å². The maximum atomic E-state index is 13.8. The Morgan fingerprint density at radius 3 is 2.10 bits per heavy atom. The topological polar surface area (TPSA) is 54.5 Å². The Labute approximate surface area is 116 Å². The number of para-hydroxylation sites is 1. The van der Waals surface area contributed by atoms with E-state index in [0.29, 0.717) is 4.31 Å². The molecule has 6 heteroatoms. The van der Waals surface area contributed by atoms with Crippen molar-refractivity contribution in [3.63, 3.8) is 0 Å². The molecule has 0 fully saturated rings. The number of carbonyl (C=O) groups is 1. The summed E-state index contributed by atoms with van der Waals surface area (Å²) in [6, 6.07) is 13.1. The van der Waals surface area contributed by atoms with Gasteiger partial charge in [-0.05, 0) is 24.3 Å². The molecule has 0 atom stereocenters. The van der Waals surface area contributed by atoms with Gasteiger partial charge in [0.15, 0.2) is 0 Å². The summed E-state index contributed by atoms with van der Waals surface area (Å²) < 4.78 is 37.9. The molecule has 0 heterocycles. The van der Waals surface area contributed by atoms with Crippen LogP contribution in [0.15, 0.2) is 54.6 Å². The van der Waals surface area contributed by atoms with E-state index in [1.807, 2.05) is 0 Å². The van der Waals surface area contributed by atoms with Gasteiger partial charge in [0.1, 0.15) is 5.82 Å². The lowest BCUT2D eigenvalue weighted by Crippen LogP contribution is -2.36. The van der Waals surface area contributed by atoms with Gasteiger partial charge in [0.25, 0.3) is 5.91 Å². The smallest absolute Gasteiger partial charge is 0.268 e. The number of sulfonamides is 1. The normalized spacial score (nSPS) is 11.1. The van der Waals surface area contributed by atoms with Crippen molar-refractivity contribution in [2.75, 3.05) is 10.6 Å². The molecular formula is C14H12FNO3S. The van der Waals surface area contributed by atoms with Gasteiger partial charge in [-0.25, -0.2) is 12.8 Å². The predicted molar refractivity (Wildman–Crippen MR) is 74.5 cm³/mol. The first kappa shape index (κ1) is 14.2. The van der Waals surface area contributed by atoms with Gasteiger partial charge < -0.3 is 0 Å². The number of hydrogen-bond donors (Lipinski definition) is 0. The molecule has 1 amide bonds. The van der Waals surface area contributed by atoms with Crippen LogP contribution in [0.5, 0.6) is 0 Å². The second-order valence-corrected chi connectivity index (χ2v) is 5.98. The molecule has 0 spiro atoms. The molecule has 0 unspecified atom stereocenters. The first-order valence-electron chi connectivity index (χ1n) is 5.75. The minimum atomic E-state index is -3.94. The molecule has 0 bridgehead atoms. The van der Waals surface area contributed by atoms with Crippen molar-refractivity contribution in [3.8, 4) is 0 Å². The maximum Gasteiger partial charge on any atom is 0.272 e. The van der Waals surface area contributed by atoms with Gasteiger partial charge >= 0.3 is 0 Å². The zero-order chi connectivity index (χ0) is 14.8. The molecule has 104 valence electrons. The Morgan fingerprint density at radius 2 is 1.55 bits per heavy atom. The van der Waals surface area contributed by atoms with Gasteiger partial charge in [-0.1, -0.05) is 30.3 Å². The predicted octanol–water partition coefficient (Wildman–Crippen LogP) is 2.43. The quantitative estimate of drug-likeness (QED) is 0.873. The van der Waals surface area contributed by atoms with E-state index < -0.39 is 21.7 Å². The number of rotatable bonds is 3. The summed E-state index contributed by atoms with van der Waals surface area (Å²) in [5.74, 6) is -1.57. The zero-order valence-electron chi connectivity index (χ0n) is 10.7. The molecule has 2 aromatic rings. The molecule has 0 aliphatic carbocycles. The van der Waals surface area contributed by atoms with Crippen LogP contribution in [0.25, 0.3) is 0 Å². The third kappa shape index (κ3) is 2.85. The molecule has 2 rings (SSSR count). The highest BCUT2D eigenvalue weighted by Crippen LogP contribution is 2.23. The van der Waals surface area contributed by atoms with Crippen molar-refractivity contribution in [2.24, 2.45) is 0 Å². The van der Waals surface area contributed by atoms with Crippen LogP contribution in [0.4, 0.5) is 10.1 Å². The van der Waals surface area contributed by atoms with Crippen molar-refractivity contribution in [3.05, 3.63) is 66.0 Å². The third-order valence-electron chi connectivity index (χ3n) is 2.61. The zero-order valence-corrected chi connectivity index (χ0v) is 11.5. The monoisotopic (exact) mass is 293 g/mol. The Balaban J connectivity index is 2.56. The largest absolute Gasteiger partial charge is 0.272 e. The SMILES string of the molecule is CS(=O)(=O)N(C(=O)c1ccccc1)c1ccccc1F. The van der Waals surface area contributed by atoms with Crippen molar-refractivity contribution >= 4 is 21.6 Å². The highest BCUT2D eigenvalue weighted by atomic mass is 32.2. The van der Waals surface area contributed by atoms with E-state index in [4.69, 9.17) is 0 Å². The van der Waals surface area contributed by atoms with Crippen molar-refractivity contribution in [1.29, 1.82) is 0 Å². The molecule has 0 aliphatic heterocycles. The molecule has 0 saturated heterocycles. The van der Waals surface area contributed by atoms with Gasteiger partial charge in [-0.2, -0.15) is 4.31 Å². The molecule has 0 N–H and O–H groups in total. The average molecular weight is 293 g/mol. The molecule has 0 radical (unpaired) electrons. The van der Waals surface area contributed by atoms with Crippen molar-refractivity contribution in [2.45, 2.75) is 0 Å². The lowest BCUT2D eigenvalue weighted by atomic mass is 10.2. The first-order valence-corrected chi connectivity index (χ1v) is 7.60. The number of anilines is 1. The minimum Gasteiger partial charge on any atom is -0.268 e. The molecule has 0 aliphatic rings. The van der Waals surface area contributed by atoms with Crippen molar-refractivity contribution < 1.29 is 17.6 Å². The Bertz CT molecular complexity index is 729. The van der Waals surface area contributed by atoms with E-state index in [0.717, 1.165) is 12.3 Å². The third-order valence-corrected chi connectivity index (χ3v) is 3.63. The summed E-state index contributed by atoms with van der Waals surface area (Å²) in [6.45, 7) is 0. The van der Waals surface area contributed by atoms with Crippen LogP contribution < -0.4 is 4.31 Å². The van der Waals surface area contributed by atoms with Gasteiger partial charge in [0.2, 0.25) is 10.0 Å². The number of nitrogens with zero attached hydrogens (tertiary/aromatic N) is 1. The summed E-state index contributed by atoms with van der Waals surface area (Å²) in [7, 11) is -3.94. The summed E-state index contributed by atoms with van der Waals surface area (Å²) in [4.78, 5) is 12.3. The van der Waals surface area contributed by atoms with E-state index >= 15 is 0 Å². The van der Waals surface area contributed by atoms with Crippen LogP contribution in [0.2, 0.25) is 0 Å². The molecule has 20 heavy (non-hydrogen) atoms. The Morgan fingerprint density at radius 1 is 1.00 bits per heavy atom. The van der Waals surface area contributed by atoms with E-state index in [2.05, 4.69) is 0 Å². The van der Waals surface area contributed by atoms with E-state index in [9.17, 15) is 17.6 Å². The highest BCUT2D eigenvalue weighted by molar-refractivity contribution is 7.92. The van der Waals surface area contributed by atoms with Gasteiger partial charge in [0, 0.05) is 5.56 Å². The number of carbonyl (C=O) groups excluding carboxylic acids is 1. The van der Waals surface area contributed by atoms with Crippen LogP contribution in [0, 0.1) is 5.82 Å². The Hall–Kier alpha value is -2.21. The highest BCUT2D eigenvalue weighted by Gasteiger charge is 2.28. The van der Waals surface area contributed by atoms with Crippen LogP contribution in [0.3, 0.4) is 0 Å². The van der Waals surface area contributed by atoms with Gasteiger partial charge in [-0.15, -0.1) is 0 Å². The number of hydrogen-bond acceptors (Lipinski definition) is 3. The molecular weight excluding hydrogens is 281 g/mol. The van der Waals surface area contributed by atoms with Gasteiger partial charge in [-0.3, -0.25) is 4.79 Å². The minimum absolute atomic E-state index is 0.168. The number of halogens is 1. The summed E-state index contributed by atoms with van der Waals surface area (Å²) >= 11 is 0. The molecule has 4 nitrogen and oxygen atoms in total. The number of benzene rings is 2. The fourth-order valence-electron chi connectivity index (χ4n) is 1.75. The molecule has 2 aromatic carbocycles. The van der Waals surface area contributed by atoms with Crippen LogP contribution in [-0.2, 0) is 10.0 Å². The van der Waals surface area contributed by atoms with Gasteiger partial charge in [0.05, 0.1) is 11.9 Å². The van der Waals surface area contributed by atoms with E-state index in [1.165, 1.54) is 30.3 Å². The first-order chi connectivity index (χ1) is 9.41. The molecule has 0 saturated carbocycles. The van der Waals surface area contributed by atoms with E-state index in [-0.39, 0.29) is 11.3 Å². The average Bonchev–Trinajstić information content (AvgIpc) is 2.41. The summed E-state index contributed by atoms with van der Waals surface area (Å²) in [6.07, 6.45) is 0.861. The summed E-state index contributed by atoms with van der Waals surface area (Å²) in [5, 5.41) is 0. The van der Waals surface area contributed by atoms with Crippen LogP contribution in [0.1, 0.15) is 10.4 Å². The molecule has 0 aromatic heterocycles. The van der Waals surface area contributed by atoms with Crippen LogP contribution in [-0.4, -0.2) is 20.6 Å². The standard InChI is InChI=1S/C14H12FNO3S/c1-20(18,19)16(13-10-6-5-9-12(13)15)14(17)11-7-3-2-4-8-11/h2-10H,1H3. The number of amides is 1. The fraction of sp³-hybridized carbons (Fsp3) is 0.0714.